The van der Waals surface area contributed by atoms with Crippen molar-refractivity contribution >= 4 is 0 Å². The first-order chi connectivity index (χ1) is 5.86. The first kappa shape index (κ1) is 7.78. The topological polar surface area (TPSA) is 0 Å². The fourth-order valence-electron chi connectivity index (χ4n) is 1.67. The maximum atomic E-state index is 13.1. The van der Waals surface area contributed by atoms with E-state index < -0.39 is 0 Å². The largest absolute Gasteiger partial charge is 0.207 e. The van der Waals surface area contributed by atoms with Crippen molar-refractivity contribution in [2.45, 2.75) is 25.7 Å². The molecule has 1 saturated carbocycles. The Hall–Kier alpha value is -0.850. The van der Waals surface area contributed by atoms with Gasteiger partial charge in [-0.2, -0.15) is 0 Å². The van der Waals surface area contributed by atoms with Gasteiger partial charge in [0.2, 0.25) is 0 Å². The van der Waals surface area contributed by atoms with Crippen LogP contribution in [0.5, 0.6) is 0 Å². The predicted octanol–water partition coefficient (Wildman–Crippen LogP) is 3.17. The maximum absolute atomic E-state index is 13.1. The molecule has 0 bridgehead atoms. The van der Waals surface area contributed by atoms with Crippen LogP contribution in [0.2, 0.25) is 0 Å². The third kappa shape index (κ3) is 1.50. The Morgan fingerprint density at radius 1 is 1.25 bits per heavy atom. The molecule has 0 atom stereocenters. The van der Waals surface area contributed by atoms with E-state index in [1.165, 1.54) is 19.3 Å². The maximum Gasteiger partial charge on any atom is 0.126 e. The molecule has 64 valence electrons. The van der Waals surface area contributed by atoms with E-state index in [4.69, 9.17) is 0 Å². The van der Waals surface area contributed by atoms with E-state index in [-0.39, 0.29) is 5.82 Å². The summed E-state index contributed by atoms with van der Waals surface area (Å²) in [6.45, 7) is 0. The van der Waals surface area contributed by atoms with Crippen LogP contribution in [-0.4, -0.2) is 0 Å². The van der Waals surface area contributed by atoms with Gasteiger partial charge in [0, 0.05) is 0 Å². The zero-order valence-corrected chi connectivity index (χ0v) is 7.09. The van der Waals surface area contributed by atoms with E-state index in [1.54, 1.807) is 12.1 Å². The standard InChI is InChI=1S/C11H13F/c12-11-7-2-1-6-10(11)8-9-4-3-5-9/h1-2,6-7,9H,3-5,8H2. The van der Waals surface area contributed by atoms with Crippen molar-refractivity contribution in [3.05, 3.63) is 35.6 Å². The zero-order valence-electron chi connectivity index (χ0n) is 7.09. The predicted molar refractivity (Wildman–Crippen MR) is 47.4 cm³/mol. The van der Waals surface area contributed by atoms with Crippen molar-refractivity contribution in [3.8, 4) is 0 Å². The second-order valence-electron chi connectivity index (χ2n) is 3.59. The van der Waals surface area contributed by atoms with Gasteiger partial charge in [-0.3, -0.25) is 0 Å². The second kappa shape index (κ2) is 3.26. The third-order valence-corrected chi connectivity index (χ3v) is 2.69. The summed E-state index contributed by atoms with van der Waals surface area (Å²) in [5.41, 5.74) is 0.891. The summed E-state index contributed by atoms with van der Waals surface area (Å²) < 4.78 is 13.1. The summed E-state index contributed by atoms with van der Waals surface area (Å²) >= 11 is 0. The van der Waals surface area contributed by atoms with Crippen molar-refractivity contribution in [2.75, 3.05) is 0 Å². The Labute approximate surface area is 72.4 Å². The number of halogens is 1. The van der Waals surface area contributed by atoms with E-state index in [1.807, 2.05) is 12.1 Å². The van der Waals surface area contributed by atoms with E-state index in [2.05, 4.69) is 0 Å². The van der Waals surface area contributed by atoms with E-state index in [9.17, 15) is 4.39 Å². The Morgan fingerprint density at radius 2 is 2.00 bits per heavy atom. The highest BCUT2D eigenvalue weighted by Gasteiger charge is 2.18. The molecule has 1 aromatic rings. The molecule has 0 heterocycles. The van der Waals surface area contributed by atoms with Crippen molar-refractivity contribution in [1.29, 1.82) is 0 Å². The molecule has 0 aliphatic heterocycles. The Balaban J connectivity index is 2.06. The second-order valence-corrected chi connectivity index (χ2v) is 3.59. The molecule has 2 rings (SSSR count). The van der Waals surface area contributed by atoms with Gasteiger partial charge in [0.05, 0.1) is 0 Å². The van der Waals surface area contributed by atoms with Crippen LogP contribution in [0.25, 0.3) is 0 Å². The lowest BCUT2D eigenvalue weighted by Gasteiger charge is -2.25. The molecule has 1 fully saturated rings. The van der Waals surface area contributed by atoms with Gasteiger partial charge in [0.1, 0.15) is 5.82 Å². The summed E-state index contributed by atoms with van der Waals surface area (Å²) in [5.74, 6) is 0.714. The molecule has 0 amide bonds. The minimum atomic E-state index is -0.0376. The molecule has 0 spiro atoms. The van der Waals surface area contributed by atoms with Crippen molar-refractivity contribution in [2.24, 2.45) is 5.92 Å². The van der Waals surface area contributed by atoms with Crippen LogP contribution in [0.3, 0.4) is 0 Å². The minimum Gasteiger partial charge on any atom is -0.207 e. The first-order valence-electron chi connectivity index (χ1n) is 4.59. The Kier molecular flexibility index (Phi) is 2.11. The van der Waals surface area contributed by atoms with Crippen LogP contribution < -0.4 is 0 Å². The Bertz CT molecular complexity index is 263. The SMILES string of the molecule is Fc1ccccc1CC1CCC1. The molecule has 0 radical (unpaired) electrons. The summed E-state index contributed by atoms with van der Waals surface area (Å²) in [7, 11) is 0. The Morgan fingerprint density at radius 3 is 2.58 bits per heavy atom. The molecule has 0 nitrogen and oxygen atoms in total. The van der Waals surface area contributed by atoms with Crippen LogP contribution >= 0.6 is 0 Å². The third-order valence-electron chi connectivity index (χ3n) is 2.69. The van der Waals surface area contributed by atoms with Gasteiger partial charge in [-0.15, -0.1) is 0 Å². The molecule has 0 aromatic heterocycles. The van der Waals surface area contributed by atoms with Crippen LogP contribution in [0, 0.1) is 11.7 Å². The van der Waals surface area contributed by atoms with Crippen molar-refractivity contribution < 1.29 is 4.39 Å². The summed E-state index contributed by atoms with van der Waals surface area (Å²) in [4.78, 5) is 0. The van der Waals surface area contributed by atoms with Crippen molar-refractivity contribution in [3.63, 3.8) is 0 Å². The van der Waals surface area contributed by atoms with Crippen LogP contribution in [0.4, 0.5) is 4.39 Å². The van der Waals surface area contributed by atoms with Crippen LogP contribution in [0.15, 0.2) is 24.3 Å². The van der Waals surface area contributed by atoms with E-state index >= 15 is 0 Å². The normalized spacial score (nSPS) is 17.4. The number of rotatable bonds is 2. The van der Waals surface area contributed by atoms with Gasteiger partial charge in [-0.05, 0) is 24.0 Å². The van der Waals surface area contributed by atoms with E-state index in [0.29, 0.717) is 0 Å². The molecule has 12 heavy (non-hydrogen) atoms. The number of hydrogen-bond acceptors (Lipinski definition) is 0. The fraction of sp³-hybridized carbons (Fsp3) is 0.455. The van der Waals surface area contributed by atoms with Gasteiger partial charge >= 0.3 is 0 Å². The molecule has 1 aliphatic rings. The number of hydrogen-bond donors (Lipinski definition) is 0. The average molecular weight is 164 g/mol. The molecule has 1 aliphatic carbocycles. The fourth-order valence-corrected chi connectivity index (χ4v) is 1.67. The molecule has 1 heteroatoms. The first-order valence-corrected chi connectivity index (χ1v) is 4.59. The average Bonchev–Trinajstić information content (AvgIpc) is 2.00. The summed E-state index contributed by atoms with van der Waals surface area (Å²) in [5, 5.41) is 0. The van der Waals surface area contributed by atoms with Crippen LogP contribution in [-0.2, 0) is 6.42 Å². The molecule has 1 aromatic carbocycles. The molecule has 0 N–H and O–H groups in total. The minimum absolute atomic E-state index is 0.0376. The van der Waals surface area contributed by atoms with Gasteiger partial charge in [-0.1, -0.05) is 37.5 Å². The highest BCUT2D eigenvalue weighted by Crippen LogP contribution is 2.30. The zero-order chi connectivity index (χ0) is 8.39. The quantitative estimate of drug-likeness (QED) is 0.629. The summed E-state index contributed by atoms with van der Waals surface area (Å²) in [6, 6.07) is 7.11. The van der Waals surface area contributed by atoms with Crippen molar-refractivity contribution in [1.82, 2.24) is 0 Å². The van der Waals surface area contributed by atoms with Gasteiger partial charge < -0.3 is 0 Å². The lowest BCUT2D eigenvalue weighted by atomic mass is 9.81. The van der Waals surface area contributed by atoms with Gasteiger partial charge in [0.25, 0.3) is 0 Å². The molecule has 0 unspecified atom stereocenters. The summed E-state index contributed by atoms with van der Waals surface area (Å²) in [6.07, 6.45) is 4.84. The smallest absolute Gasteiger partial charge is 0.126 e. The molecular formula is C11H13F. The van der Waals surface area contributed by atoms with E-state index in [0.717, 1.165) is 17.9 Å². The van der Waals surface area contributed by atoms with Gasteiger partial charge in [0.15, 0.2) is 0 Å². The molecule has 0 saturated heterocycles. The highest BCUT2D eigenvalue weighted by atomic mass is 19.1. The molecular weight excluding hydrogens is 151 g/mol. The monoisotopic (exact) mass is 164 g/mol. The number of benzene rings is 1. The lowest BCUT2D eigenvalue weighted by molar-refractivity contribution is 0.311. The van der Waals surface area contributed by atoms with Gasteiger partial charge in [-0.25, -0.2) is 4.39 Å². The van der Waals surface area contributed by atoms with Crippen LogP contribution in [0.1, 0.15) is 24.8 Å². The highest BCUT2D eigenvalue weighted by molar-refractivity contribution is 5.18. The lowest BCUT2D eigenvalue weighted by Crippen LogP contribution is -2.14.